The topological polar surface area (TPSA) is 84.5 Å². The van der Waals surface area contributed by atoms with Crippen LogP contribution in [0.25, 0.3) is 0 Å². The van der Waals surface area contributed by atoms with Crippen LogP contribution in [-0.4, -0.2) is 28.0 Å². The zero-order chi connectivity index (χ0) is 18.4. The van der Waals surface area contributed by atoms with Gasteiger partial charge in [0.1, 0.15) is 5.75 Å². The maximum atomic E-state index is 12.3. The number of carbonyl (C=O) groups is 1. The summed E-state index contributed by atoms with van der Waals surface area (Å²) in [6, 6.07) is 11.4. The molecule has 0 unspecified atom stereocenters. The van der Waals surface area contributed by atoms with E-state index in [1.54, 1.807) is 12.1 Å². The van der Waals surface area contributed by atoms with Gasteiger partial charge in [-0.15, -0.1) is 0 Å². The van der Waals surface area contributed by atoms with Crippen molar-refractivity contribution in [2.24, 2.45) is 0 Å². The van der Waals surface area contributed by atoms with Gasteiger partial charge >= 0.3 is 0 Å². The molecule has 8 heteroatoms. The van der Waals surface area contributed by atoms with Gasteiger partial charge in [-0.05, 0) is 36.2 Å². The van der Waals surface area contributed by atoms with Gasteiger partial charge in [0.2, 0.25) is 15.9 Å². The van der Waals surface area contributed by atoms with Gasteiger partial charge in [-0.3, -0.25) is 4.79 Å². The number of ether oxygens (including phenoxy) is 1. The lowest BCUT2D eigenvalue weighted by atomic mass is 10.1. The Hall–Kier alpha value is -2.09. The molecule has 0 bridgehead atoms. The van der Waals surface area contributed by atoms with E-state index in [4.69, 9.17) is 16.3 Å². The van der Waals surface area contributed by atoms with Crippen LogP contribution in [0.3, 0.4) is 0 Å². The largest absolute Gasteiger partial charge is 0.495 e. The van der Waals surface area contributed by atoms with Crippen LogP contribution in [0.5, 0.6) is 5.75 Å². The van der Waals surface area contributed by atoms with Crippen LogP contribution in [0, 0.1) is 0 Å². The molecule has 134 valence electrons. The lowest BCUT2D eigenvalue weighted by Gasteiger charge is -2.11. The highest BCUT2D eigenvalue weighted by Gasteiger charge is 2.17. The third-order valence-electron chi connectivity index (χ3n) is 3.53. The Morgan fingerprint density at radius 1 is 1.20 bits per heavy atom. The van der Waals surface area contributed by atoms with E-state index in [1.807, 2.05) is 19.1 Å². The molecule has 0 saturated heterocycles. The minimum Gasteiger partial charge on any atom is -0.495 e. The molecule has 1 amide bonds. The monoisotopic (exact) mass is 382 g/mol. The third-order valence-corrected chi connectivity index (χ3v) is 5.22. The number of carbonyl (C=O) groups excluding carboxylic acids is 1. The maximum absolute atomic E-state index is 12.3. The Morgan fingerprint density at radius 3 is 2.56 bits per heavy atom. The lowest BCUT2D eigenvalue weighted by Crippen LogP contribution is -2.33. The molecular formula is C17H19ClN2O4S. The molecule has 6 nitrogen and oxygen atoms in total. The molecule has 0 atom stereocenters. The fourth-order valence-corrected chi connectivity index (χ4v) is 3.53. The Kier molecular flexibility index (Phi) is 6.41. The van der Waals surface area contributed by atoms with Gasteiger partial charge in [0, 0.05) is 5.69 Å². The van der Waals surface area contributed by atoms with Crippen molar-refractivity contribution >= 4 is 33.2 Å². The molecular weight excluding hydrogens is 364 g/mol. The number of benzene rings is 2. The summed E-state index contributed by atoms with van der Waals surface area (Å²) in [6.45, 7) is 1.59. The van der Waals surface area contributed by atoms with E-state index in [9.17, 15) is 13.2 Å². The fraction of sp³-hybridized carbons (Fsp3) is 0.235. The van der Waals surface area contributed by atoms with Crippen LogP contribution in [0.4, 0.5) is 5.69 Å². The van der Waals surface area contributed by atoms with E-state index in [1.165, 1.54) is 25.3 Å². The SMILES string of the molecule is CCc1ccccc1NC(=O)CNS(=O)(=O)c1ccc(OC)c(Cl)c1. The average Bonchev–Trinajstić information content (AvgIpc) is 2.60. The second-order valence-corrected chi connectivity index (χ2v) is 7.35. The first-order chi connectivity index (χ1) is 11.9. The second-order valence-electron chi connectivity index (χ2n) is 5.18. The number of aryl methyl sites for hydroxylation is 1. The van der Waals surface area contributed by atoms with Crippen molar-refractivity contribution in [1.29, 1.82) is 0 Å². The number of rotatable bonds is 7. The summed E-state index contributed by atoms with van der Waals surface area (Å²) in [6.07, 6.45) is 0.756. The minimum atomic E-state index is -3.86. The van der Waals surface area contributed by atoms with Gasteiger partial charge < -0.3 is 10.1 Å². The lowest BCUT2D eigenvalue weighted by molar-refractivity contribution is -0.115. The second kappa shape index (κ2) is 8.33. The summed E-state index contributed by atoms with van der Waals surface area (Å²) in [5.74, 6) is -0.0846. The summed E-state index contributed by atoms with van der Waals surface area (Å²) in [4.78, 5) is 12.0. The molecule has 0 saturated carbocycles. The van der Waals surface area contributed by atoms with Crippen LogP contribution >= 0.6 is 11.6 Å². The Balaban J connectivity index is 2.04. The van der Waals surface area contributed by atoms with Crippen LogP contribution in [0.2, 0.25) is 5.02 Å². The van der Waals surface area contributed by atoms with Crippen LogP contribution in [0.15, 0.2) is 47.4 Å². The van der Waals surface area contributed by atoms with E-state index in [2.05, 4.69) is 10.0 Å². The van der Waals surface area contributed by atoms with Gasteiger partial charge in [0.15, 0.2) is 0 Å². The first-order valence-corrected chi connectivity index (χ1v) is 9.44. The normalized spacial score (nSPS) is 11.2. The quantitative estimate of drug-likeness (QED) is 0.771. The van der Waals surface area contributed by atoms with Crippen LogP contribution < -0.4 is 14.8 Å². The van der Waals surface area contributed by atoms with E-state index < -0.39 is 15.9 Å². The molecule has 0 spiro atoms. The molecule has 0 aliphatic rings. The average molecular weight is 383 g/mol. The van der Waals surface area contributed by atoms with E-state index in [-0.39, 0.29) is 16.5 Å². The molecule has 0 fully saturated rings. The van der Waals surface area contributed by atoms with E-state index in [0.29, 0.717) is 11.4 Å². The van der Waals surface area contributed by atoms with Crippen LogP contribution in [0.1, 0.15) is 12.5 Å². The molecule has 25 heavy (non-hydrogen) atoms. The number of amides is 1. The summed E-state index contributed by atoms with van der Waals surface area (Å²) >= 11 is 5.94. The van der Waals surface area contributed by atoms with Gasteiger partial charge in [0.05, 0.1) is 23.6 Å². The zero-order valence-corrected chi connectivity index (χ0v) is 15.4. The molecule has 0 aliphatic heterocycles. The molecule has 2 N–H and O–H groups in total. The first kappa shape index (κ1) is 19.2. The van der Waals surface area contributed by atoms with Crippen molar-refractivity contribution < 1.29 is 17.9 Å². The van der Waals surface area contributed by atoms with Gasteiger partial charge in [-0.1, -0.05) is 36.7 Å². The number of hydrogen-bond donors (Lipinski definition) is 2. The number of halogens is 1. The third kappa shape index (κ3) is 4.94. The highest BCUT2D eigenvalue weighted by atomic mass is 35.5. The summed E-state index contributed by atoms with van der Waals surface area (Å²) in [7, 11) is -2.43. The van der Waals surface area contributed by atoms with Crippen molar-refractivity contribution in [3.8, 4) is 5.75 Å². The number of nitrogens with one attached hydrogen (secondary N) is 2. The first-order valence-electron chi connectivity index (χ1n) is 7.58. The highest BCUT2D eigenvalue weighted by molar-refractivity contribution is 7.89. The Labute approximate surface area is 152 Å². The minimum absolute atomic E-state index is 0.0416. The predicted molar refractivity (Wildman–Crippen MR) is 97.6 cm³/mol. The maximum Gasteiger partial charge on any atom is 0.241 e. The van der Waals surface area contributed by atoms with E-state index in [0.717, 1.165) is 12.0 Å². The summed E-state index contributed by atoms with van der Waals surface area (Å²) in [5, 5.41) is 2.88. The Bertz CT molecular complexity index is 869. The van der Waals surface area contributed by atoms with Gasteiger partial charge in [-0.25, -0.2) is 13.1 Å². The number of methoxy groups -OCH3 is 1. The summed E-state index contributed by atoms with van der Waals surface area (Å²) in [5.41, 5.74) is 1.64. The highest BCUT2D eigenvalue weighted by Crippen LogP contribution is 2.26. The number of para-hydroxylation sites is 1. The molecule has 0 aliphatic carbocycles. The predicted octanol–water partition coefficient (Wildman–Crippen LogP) is 2.83. The smallest absolute Gasteiger partial charge is 0.241 e. The number of hydrogen-bond acceptors (Lipinski definition) is 4. The summed E-state index contributed by atoms with van der Waals surface area (Å²) < 4.78 is 31.8. The van der Waals surface area contributed by atoms with Crippen molar-refractivity contribution in [2.45, 2.75) is 18.2 Å². The molecule has 0 aromatic heterocycles. The van der Waals surface area contributed by atoms with Gasteiger partial charge in [-0.2, -0.15) is 0 Å². The Morgan fingerprint density at radius 2 is 1.92 bits per heavy atom. The molecule has 2 aromatic carbocycles. The van der Waals surface area contributed by atoms with Crippen molar-refractivity contribution in [3.05, 3.63) is 53.1 Å². The molecule has 0 heterocycles. The number of sulfonamides is 1. The van der Waals surface area contributed by atoms with Crippen LogP contribution in [-0.2, 0) is 21.2 Å². The molecule has 2 aromatic rings. The molecule has 0 radical (unpaired) electrons. The van der Waals surface area contributed by atoms with Crippen molar-refractivity contribution in [3.63, 3.8) is 0 Å². The fourth-order valence-electron chi connectivity index (χ4n) is 2.20. The van der Waals surface area contributed by atoms with Crippen molar-refractivity contribution in [1.82, 2.24) is 4.72 Å². The van der Waals surface area contributed by atoms with Gasteiger partial charge in [0.25, 0.3) is 0 Å². The number of anilines is 1. The molecule has 2 rings (SSSR count). The van der Waals surface area contributed by atoms with Crippen molar-refractivity contribution in [2.75, 3.05) is 19.0 Å². The van der Waals surface area contributed by atoms with E-state index >= 15 is 0 Å². The zero-order valence-electron chi connectivity index (χ0n) is 13.9. The standard InChI is InChI=1S/C17H19ClN2O4S/c1-3-12-6-4-5-7-15(12)20-17(21)11-19-25(22,23)13-8-9-16(24-2)14(18)10-13/h4-10,19H,3,11H2,1-2H3,(H,20,21).